The van der Waals surface area contributed by atoms with Crippen LogP contribution in [0.1, 0.15) is 33.6 Å². The summed E-state index contributed by atoms with van der Waals surface area (Å²) in [5, 5.41) is 21.9. The zero-order valence-electron chi connectivity index (χ0n) is 13.1. The van der Waals surface area contributed by atoms with E-state index in [9.17, 15) is 10.0 Å². The first-order chi connectivity index (χ1) is 10.3. The fourth-order valence-electron chi connectivity index (χ4n) is 3.96. The van der Waals surface area contributed by atoms with Crippen molar-refractivity contribution in [1.29, 1.82) is 0 Å². The summed E-state index contributed by atoms with van der Waals surface area (Å²) >= 11 is 0. The average Bonchev–Trinajstić information content (AvgIpc) is 2.78. The van der Waals surface area contributed by atoms with E-state index in [0.29, 0.717) is 5.92 Å². The molecule has 5 heteroatoms. The van der Waals surface area contributed by atoms with Crippen molar-refractivity contribution in [3.05, 3.63) is 41.2 Å². The number of carbonyl (C=O) groups is 1. The zero-order chi connectivity index (χ0) is 16.1. The first kappa shape index (κ1) is 15.2. The summed E-state index contributed by atoms with van der Waals surface area (Å²) in [4.78, 5) is 12.7. The van der Waals surface area contributed by atoms with Gasteiger partial charge in [0, 0.05) is 35.0 Å². The largest absolute Gasteiger partial charge is 0.595 e. The molecule has 0 aromatic heterocycles. The molecule has 22 heavy (non-hydrogen) atoms. The number of nitrogens with one attached hydrogen (secondary N) is 2. The van der Waals surface area contributed by atoms with E-state index in [0.717, 1.165) is 24.1 Å². The van der Waals surface area contributed by atoms with E-state index in [1.165, 1.54) is 0 Å². The minimum Gasteiger partial charge on any atom is -0.595 e. The van der Waals surface area contributed by atoms with E-state index >= 15 is 0 Å². The Balaban J connectivity index is 1.81. The van der Waals surface area contributed by atoms with Crippen molar-refractivity contribution in [1.82, 2.24) is 0 Å². The number of carbonyl (C=O) groups excluding carboxylic acids is 1. The predicted molar refractivity (Wildman–Crippen MR) is 83.5 cm³/mol. The second-order valence-corrected chi connectivity index (χ2v) is 7.10. The normalized spacial score (nSPS) is 32.5. The minimum absolute atomic E-state index is 0.00472. The zero-order valence-corrected chi connectivity index (χ0v) is 13.1. The number of anilines is 1. The van der Waals surface area contributed by atoms with Gasteiger partial charge in [0.05, 0.1) is 0 Å². The van der Waals surface area contributed by atoms with Crippen LogP contribution in [0.2, 0.25) is 0 Å². The second kappa shape index (κ2) is 4.91. The van der Waals surface area contributed by atoms with Gasteiger partial charge in [0.2, 0.25) is 0 Å². The summed E-state index contributed by atoms with van der Waals surface area (Å²) in [7, 11) is 0. The molecule has 2 fully saturated rings. The van der Waals surface area contributed by atoms with E-state index < -0.39 is 5.23 Å². The number of ketones is 1. The van der Waals surface area contributed by atoms with Crippen molar-refractivity contribution in [2.24, 2.45) is 16.7 Å². The van der Waals surface area contributed by atoms with E-state index in [-0.39, 0.29) is 22.3 Å². The van der Waals surface area contributed by atoms with Gasteiger partial charge < -0.3 is 10.5 Å². The van der Waals surface area contributed by atoms with Crippen LogP contribution < -0.4 is 10.5 Å². The number of hydrogen-bond acceptors (Lipinski definition) is 4. The summed E-state index contributed by atoms with van der Waals surface area (Å²) in [5.74, 6) is 0.555. The number of quaternary nitrogens is 1. The molecular formula is C17H22N2O3. The third kappa shape index (κ3) is 2.00. The molecule has 0 saturated heterocycles. The molecule has 0 radical (unpaired) electrons. The molecule has 1 aromatic rings. The monoisotopic (exact) mass is 302 g/mol. The van der Waals surface area contributed by atoms with Gasteiger partial charge in [-0.2, -0.15) is 5.23 Å². The Kier molecular flexibility index (Phi) is 3.40. The molecule has 2 aliphatic carbocycles. The summed E-state index contributed by atoms with van der Waals surface area (Å²) in [6, 6.07) is 6.53. The molecule has 0 spiro atoms. The highest BCUT2D eigenvalue weighted by Crippen LogP contribution is 2.65. The Labute approximate surface area is 130 Å². The van der Waals surface area contributed by atoms with Crippen LogP contribution in [-0.2, 0) is 4.79 Å². The molecule has 5 nitrogen and oxygen atoms in total. The fraction of sp³-hybridized carbons (Fsp3) is 0.471. The van der Waals surface area contributed by atoms with Gasteiger partial charge in [0.15, 0.2) is 11.5 Å². The molecule has 3 unspecified atom stereocenters. The van der Waals surface area contributed by atoms with Gasteiger partial charge in [-0.3, -0.25) is 4.79 Å². The molecule has 0 amide bonds. The van der Waals surface area contributed by atoms with Gasteiger partial charge in [0.25, 0.3) is 0 Å². The fourth-order valence-corrected chi connectivity index (χ4v) is 3.96. The predicted octanol–water partition coefficient (Wildman–Crippen LogP) is 2.41. The van der Waals surface area contributed by atoms with E-state index in [1.807, 2.05) is 6.20 Å². The lowest BCUT2D eigenvalue weighted by molar-refractivity contribution is -0.991. The smallest absolute Gasteiger partial charge is 0.167 e. The Morgan fingerprint density at radius 2 is 1.95 bits per heavy atom. The Hall–Kier alpha value is -1.69. The van der Waals surface area contributed by atoms with Crippen LogP contribution in [0.25, 0.3) is 0 Å². The first-order valence-corrected chi connectivity index (χ1v) is 7.62. The van der Waals surface area contributed by atoms with Crippen LogP contribution >= 0.6 is 0 Å². The van der Waals surface area contributed by atoms with Gasteiger partial charge in [-0.1, -0.05) is 20.8 Å². The van der Waals surface area contributed by atoms with Gasteiger partial charge >= 0.3 is 0 Å². The van der Waals surface area contributed by atoms with Crippen molar-refractivity contribution in [3.63, 3.8) is 0 Å². The van der Waals surface area contributed by atoms with Gasteiger partial charge in [-0.15, -0.1) is 0 Å². The SMILES string of the molecule is CC12CCC(C(=CNc3ccc([NH+]([O-])O)cc3)C1=O)C2(C)C. The summed E-state index contributed by atoms with van der Waals surface area (Å²) in [6.07, 6.45) is 3.84. The van der Waals surface area contributed by atoms with Gasteiger partial charge in [-0.05, 0) is 36.3 Å². The highest BCUT2D eigenvalue weighted by Gasteiger charge is 2.63. The van der Waals surface area contributed by atoms with E-state index in [4.69, 9.17) is 5.21 Å². The topological polar surface area (TPSA) is 76.8 Å². The van der Waals surface area contributed by atoms with Crippen LogP contribution in [0.15, 0.2) is 36.0 Å². The first-order valence-electron chi connectivity index (χ1n) is 7.62. The molecule has 3 rings (SSSR count). The Morgan fingerprint density at radius 3 is 2.45 bits per heavy atom. The second-order valence-electron chi connectivity index (χ2n) is 7.10. The number of fused-ring (bicyclic) bond motifs is 2. The molecule has 2 bridgehead atoms. The molecule has 1 aromatic carbocycles. The molecule has 3 atom stereocenters. The Bertz CT molecular complexity index is 634. The molecular weight excluding hydrogens is 280 g/mol. The number of allylic oxidation sites excluding steroid dienone is 1. The third-order valence-corrected chi connectivity index (χ3v) is 5.89. The molecule has 0 heterocycles. The molecule has 118 valence electrons. The maximum absolute atomic E-state index is 12.7. The highest BCUT2D eigenvalue weighted by atomic mass is 16.8. The number of rotatable bonds is 3. The van der Waals surface area contributed by atoms with Crippen molar-refractivity contribution >= 4 is 17.2 Å². The lowest BCUT2D eigenvalue weighted by atomic mass is 9.70. The van der Waals surface area contributed by atoms with Crippen LogP contribution in [-0.4, -0.2) is 11.0 Å². The van der Waals surface area contributed by atoms with Crippen molar-refractivity contribution in [2.45, 2.75) is 33.6 Å². The maximum Gasteiger partial charge on any atom is 0.167 e. The number of hydrogen-bond donors (Lipinski definition) is 3. The minimum atomic E-state index is -0.942. The third-order valence-electron chi connectivity index (χ3n) is 5.89. The molecule has 2 saturated carbocycles. The van der Waals surface area contributed by atoms with E-state index in [1.54, 1.807) is 24.3 Å². The van der Waals surface area contributed by atoms with Crippen LogP contribution in [0.4, 0.5) is 11.4 Å². The molecule has 0 aliphatic heterocycles. The van der Waals surface area contributed by atoms with Gasteiger partial charge in [0.1, 0.15) is 0 Å². The summed E-state index contributed by atoms with van der Waals surface area (Å²) in [6.45, 7) is 6.45. The van der Waals surface area contributed by atoms with Crippen molar-refractivity contribution in [2.75, 3.05) is 5.32 Å². The number of Topliss-reactive ketones (excluding diaryl/α,β-unsaturated/α-hetero) is 1. The average molecular weight is 302 g/mol. The lowest BCUT2D eigenvalue weighted by Crippen LogP contribution is -2.99. The summed E-state index contributed by atoms with van der Waals surface area (Å²) < 4.78 is 0. The molecule has 3 N–H and O–H groups in total. The van der Waals surface area contributed by atoms with Crippen molar-refractivity contribution in [3.8, 4) is 0 Å². The van der Waals surface area contributed by atoms with E-state index in [2.05, 4.69) is 26.1 Å². The maximum atomic E-state index is 12.7. The van der Waals surface area contributed by atoms with Crippen LogP contribution in [0.5, 0.6) is 0 Å². The number of benzene rings is 1. The lowest BCUT2D eigenvalue weighted by Gasteiger charge is -2.31. The standard InChI is InChI=1S/C17H22N2O3/c1-16(2)14-8-9-17(16,3)15(20)13(14)10-18-11-4-6-12(7-5-11)19(21)22/h4-7,10,14,18-19,21H,8-9H2,1-3H3. The molecule has 2 aliphatic rings. The quantitative estimate of drug-likeness (QED) is 0.592. The Morgan fingerprint density at radius 1 is 1.32 bits per heavy atom. The van der Waals surface area contributed by atoms with Gasteiger partial charge in [-0.25, -0.2) is 5.21 Å². The van der Waals surface area contributed by atoms with Crippen LogP contribution in [0, 0.1) is 22.0 Å². The van der Waals surface area contributed by atoms with Crippen molar-refractivity contribution < 1.29 is 15.2 Å². The van der Waals surface area contributed by atoms with Crippen LogP contribution in [0.3, 0.4) is 0 Å². The highest BCUT2D eigenvalue weighted by molar-refractivity contribution is 6.04. The summed E-state index contributed by atoms with van der Waals surface area (Å²) in [5.41, 5.74) is 1.67.